The fourth-order valence-corrected chi connectivity index (χ4v) is 4.05. The maximum Gasteiger partial charge on any atom is 0.159 e. The van der Waals surface area contributed by atoms with Crippen LogP contribution in [0.5, 0.6) is 0 Å². The lowest BCUT2D eigenvalue weighted by Crippen LogP contribution is -2.23. The molecule has 2 aromatic rings. The summed E-state index contributed by atoms with van der Waals surface area (Å²) in [6.45, 7) is 13.0. The van der Waals surface area contributed by atoms with E-state index in [9.17, 15) is 4.79 Å². The van der Waals surface area contributed by atoms with Crippen LogP contribution < -0.4 is 0 Å². The molecule has 146 valence electrons. The number of carbonyl (C=O) groups is 1. The Kier molecular flexibility index (Phi) is 7.41. The molecule has 0 unspecified atom stereocenters. The zero-order valence-electron chi connectivity index (χ0n) is 18.1. The SMILES string of the molecule is CCCCc1cc(C)ccc1C(C)(C)c1ccc(C(C)=O)cc1CCCC. The molecule has 0 aliphatic rings. The van der Waals surface area contributed by atoms with E-state index < -0.39 is 0 Å². The number of rotatable bonds is 9. The second-order valence-electron chi connectivity index (χ2n) is 8.42. The Morgan fingerprint density at radius 3 is 1.89 bits per heavy atom. The number of ketones is 1. The fraction of sp³-hybridized carbons (Fsp3) is 0.500. The van der Waals surface area contributed by atoms with E-state index in [4.69, 9.17) is 0 Å². The van der Waals surface area contributed by atoms with Gasteiger partial charge in [0.15, 0.2) is 5.78 Å². The molecule has 0 radical (unpaired) electrons. The van der Waals surface area contributed by atoms with Crippen molar-refractivity contribution in [2.45, 2.75) is 85.5 Å². The molecular formula is C26H36O. The van der Waals surface area contributed by atoms with Crippen LogP contribution in [0.2, 0.25) is 0 Å². The van der Waals surface area contributed by atoms with Crippen LogP contribution in [-0.4, -0.2) is 5.78 Å². The van der Waals surface area contributed by atoms with Gasteiger partial charge in [0, 0.05) is 11.0 Å². The third kappa shape index (κ3) is 5.09. The van der Waals surface area contributed by atoms with Crippen molar-refractivity contribution in [3.63, 3.8) is 0 Å². The lowest BCUT2D eigenvalue weighted by molar-refractivity contribution is 0.101. The molecule has 27 heavy (non-hydrogen) atoms. The molecule has 2 rings (SSSR count). The van der Waals surface area contributed by atoms with Gasteiger partial charge in [0.2, 0.25) is 0 Å². The second kappa shape index (κ2) is 9.35. The minimum absolute atomic E-state index is 0.0742. The number of aryl methyl sites for hydroxylation is 3. The van der Waals surface area contributed by atoms with Crippen molar-refractivity contribution in [3.05, 3.63) is 69.8 Å². The molecule has 0 amide bonds. The van der Waals surface area contributed by atoms with Gasteiger partial charge < -0.3 is 0 Å². The summed E-state index contributed by atoms with van der Waals surface area (Å²) in [6.07, 6.45) is 6.91. The lowest BCUT2D eigenvalue weighted by Gasteiger charge is -2.31. The summed E-state index contributed by atoms with van der Waals surface area (Å²) < 4.78 is 0. The number of benzene rings is 2. The van der Waals surface area contributed by atoms with Crippen LogP contribution >= 0.6 is 0 Å². The highest BCUT2D eigenvalue weighted by molar-refractivity contribution is 5.94. The van der Waals surface area contributed by atoms with Gasteiger partial charge in [-0.1, -0.05) is 76.4 Å². The van der Waals surface area contributed by atoms with Crippen molar-refractivity contribution in [3.8, 4) is 0 Å². The van der Waals surface area contributed by atoms with E-state index in [0.29, 0.717) is 0 Å². The van der Waals surface area contributed by atoms with Gasteiger partial charge in [-0.25, -0.2) is 0 Å². The minimum Gasteiger partial charge on any atom is -0.295 e. The maximum absolute atomic E-state index is 11.9. The van der Waals surface area contributed by atoms with Gasteiger partial charge in [0.05, 0.1) is 0 Å². The molecule has 0 aromatic heterocycles. The quantitative estimate of drug-likeness (QED) is 0.430. The molecule has 0 saturated heterocycles. The predicted molar refractivity (Wildman–Crippen MR) is 117 cm³/mol. The number of hydrogen-bond donors (Lipinski definition) is 0. The first-order chi connectivity index (χ1) is 12.8. The molecule has 0 fully saturated rings. The Hall–Kier alpha value is -1.89. The van der Waals surface area contributed by atoms with Crippen LogP contribution in [0.1, 0.15) is 98.5 Å². The molecule has 0 aliphatic heterocycles. The van der Waals surface area contributed by atoms with Gasteiger partial charge >= 0.3 is 0 Å². The zero-order valence-corrected chi connectivity index (χ0v) is 18.1. The zero-order chi connectivity index (χ0) is 20.0. The highest BCUT2D eigenvalue weighted by Crippen LogP contribution is 2.37. The Morgan fingerprint density at radius 1 is 0.852 bits per heavy atom. The summed E-state index contributed by atoms with van der Waals surface area (Å²) >= 11 is 0. The first kappa shape index (κ1) is 21.4. The van der Waals surface area contributed by atoms with E-state index in [1.807, 2.05) is 6.07 Å². The van der Waals surface area contributed by atoms with Crippen LogP contribution in [0.4, 0.5) is 0 Å². The maximum atomic E-state index is 11.9. The molecule has 0 spiro atoms. The van der Waals surface area contributed by atoms with Gasteiger partial charge in [-0.05, 0) is 67.9 Å². The number of hydrogen-bond acceptors (Lipinski definition) is 1. The normalized spacial score (nSPS) is 11.6. The van der Waals surface area contributed by atoms with Gasteiger partial charge in [0.25, 0.3) is 0 Å². The molecule has 0 saturated carbocycles. The largest absolute Gasteiger partial charge is 0.295 e. The van der Waals surface area contributed by atoms with Crippen LogP contribution in [0, 0.1) is 6.92 Å². The van der Waals surface area contributed by atoms with Crippen molar-refractivity contribution in [2.75, 3.05) is 0 Å². The number of carbonyl (C=O) groups excluding carboxylic acids is 1. The Bertz CT molecular complexity index is 783. The van der Waals surface area contributed by atoms with E-state index in [2.05, 4.69) is 65.0 Å². The van der Waals surface area contributed by atoms with Crippen molar-refractivity contribution in [1.82, 2.24) is 0 Å². The van der Waals surface area contributed by atoms with E-state index in [1.165, 1.54) is 40.7 Å². The standard InChI is InChI=1S/C26H36O/c1-7-9-11-22-17-19(3)13-15-24(22)26(5,6)25-16-14-21(20(4)27)18-23(25)12-10-8-2/h13-18H,7-12H2,1-6H3. The van der Waals surface area contributed by atoms with E-state index >= 15 is 0 Å². The molecule has 0 N–H and O–H groups in total. The second-order valence-corrected chi connectivity index (χ2v) is 8.42. The van der Waals surface area contributed by atoms with Crippen LogP contribution in [-0.2, 0) is 18.3 Å². The monoisotopic (exact) mass is 364 g/mol. The van der Waals surface area contributed by atoms with Crippen molar-refractivity contribution < 1.29 is 4.79 Å². The Morgan fingerprint density at radius 2 is 1.37 bits per heavy atom. The summed E-state index contributed by atoms with van der Waals surface area (Å²) in [5, 5.41) is 0. The molecule has 0 atom stereocenters. The molecule has 0 heterocycles. The lowest BCUT2D eigenvalue weighted by atomic mass is 9.72. The van der Waals surface area contributed by atoms with Crippen LogP contribution in [0.25, 0.3) is 0 Å². The molecule has 2 aromatic carbocycles. The average molecular weight is 365 g/mol. The summed E-state index contributed by atoms with van der Waals surface area (Å²) in [5.41, 5.74) is 7.68. The summed E-state index contributed by atoms with van der Waals surface area (Å²) in [4.78, 5) is 11.9. The third-order valence-corrected chi connectivity index (χ3v) is 5.72. The van der Waals surface area contributed by atoms with E-state index in [1.54, 1.807) is 6.92 Å². The van der Waals surface area contributed by atoms with E-state index in [0.717, 1.165) is 31.2 Å². The average Bonchev–Trinajstić information content (AvgIpc) is 2.64. The fourth-order valence-electron chi connectivity index (χ4n) is 4.05. The first-order valence-corrected chi connectivity index (χ1v) is 10.6. The number of Topliss-reactive ketones (excluding diaryl/α,β-unsaturated/α-hetero) is 1. The van der Waals surface area contributed by atoms with Gasteiger partial charge in [-0.2, -0.15) is 0 Å². The molecule has 1 heteroatoms. The Labute approximate surface area is 166 Å². The van der Waals surface area contributed by atoms with Gasteiger partial charge in [-0.3, -0.25) is 4.79 Å². The van der Waals surface area contributed by atoms with Crippen LogP contribution in [0.15, 0.2) is 36.4 Å². The molecule has 0 bridgehead atoms. The van der Waals surface area contributed by atoms with Crippen molar-refractivity contribution in [2.24, 2.45) is 0 Å². The highest BCUT2D eigenvalue weighted by Gasteiger charge is 2.28. The summed E-state index contributed by atoms with van der Waals surface area (Å²) in [7, 11) is 0. The number of unbranched alkanes of at least 4 members (excludes halogenated alkanes) is 2. The highest BCUT2D eigenvalue weighted by atomic mass is 16.1. The minimum atomic E-state index is -0.0742. The predicted octanol–water partition coefficient (Wildman–Crippen LogP) is 7.21. The van der Waals surface area contributed by atoms with Crippen molar-refractivity contribution in [1.29, 1.82) is 0 Å². The Balaban J connectivity index is 2.56. The first-order valence-electron chi connectivity index (χ1n) is 10.6. The van der Waals surface area contributed by atoms with E-state index in [-0.39, 0.29) is 11.2 Å². The molecule has 1 nitrogen and oxygen atoms in total. The molecule has 0 aliphatic carbocycles. The van der Waals surface area contributed by atoms with Gasteiger partial charge in [0.1, 0.15) is 0 Å². The topological polar surface area (TPSA) is 17.1 Å². The summed E-state index contributed by atoms with van der Waals surface area (Å²) in [5.74, 6) is 0.149. The van der Waals surface area contributed by atoms with Crippen LogP contribution in [0.3, 0.4) is 0 Å². The molecular weight excluding hydrogens is 328 g/mol. The smallest absolute Gasteiger partial charge is 0.159 e. The third-order valence-electron chi connectivity index (χ3n) is 5.72. The van der Waals surface area contributed by atoms with Crippen molar-refractivity contribution >= 4 is 5.78 Å². The summed E-state index contributed by atoms with van der Waals surface area (Å²) in [6, 6.07) is 13.3. The van der Waals surface area contributed by atoms with Gasteiger partial charge in [-0.15, -0.1) is 0 Å².